The molecule has 2 aromatic heterocycles. The average molecular weight is 357 g/mol. The summed E-state index contributed by atoms with van der Waals surface area (Å²) in [5, 5.41) is 5.85. The standard InChI is InChI=1S/C17H16FN5OS/c18-12-3-5-13(6-4-12)23-16-14(9-21-23)17(20-11-19-16)25-10-15(24)22-7-1-2-8-22/h3-6,9,11H,1-2,7-8,10H2. The number of likely N-dealkylation sites (tertiary alicyclic amines) is 1. The average Bonchev–Trinajstić information content (AvgIpc) is 3.30. The van der Waals surface area contributed by atoms with E-state index < -0.39 is 0 Å². The highest BCUT2D eigenvalue weighted by Crippen LogP contribution is 2.26. The topological polar surface area (TPSA) is 63.9 Å². The smallest absolute Gasteiger partial charge is 0.232 e. The third-order valence-corrected chi connectivity index (χ3v) is 5.18. The first-order chi connectivity index (χ1) is 12.2. The second-order valence-electron chi connectivity index (χ2n) is 5.83. The number of hydrogen-bond donors (Lipinski definition) is 0. The molecule has 3 aromatic rings. The highest BCUT2D eigenvalue weighted by atomic mass is 32.2. The summed E-state index contributed by atoms with van der Waals surface area (Å²) in [5.74, 6) is 0.195. The first kappa shape index (κ1) is 16.0. The van der Waals surface area contributed by atoms with Crippen molar-refractivity contribution in [2.24, 2.45) is 0 Å². The lowest BCUT2D eigenvalue weighted by molar-refractivity contribution is -0.127. The first-order valence-electron chi connectivity index (χ1n) is 8.07. The van der Waals surface area contributed by atoms with Gasteiger partial charge in [-0.1, -0.05) is 11.8 Å². The van der Waals surface area contributed by atoms with Crippen molar-refractivity contribution in [3.63, 3.8) is 0 Å². The second-order valence-corrected chi connectivity index (χ2v) is 6.79. The zero-order valence-corrected chi connectivity index (χ0v) is 14.2. The maximum Gasteiger partial charge on any atom is 0.232 e. The van der Waals surface area contributed by atoms with E-state index >= 15 is 0 Å². The van der Waals surface area contributed by atoms with Crippen molar-refractivity contribution in [1.29, 1.82) is 0 Å². The molecule has 0 saturated carbocycles. The van der Waals surface area contributed by atoms with Crippen LogP contribution in [0.15, 0.2) is 41.8 Å². The third kappa shape index (κ3) is 3.21. The predicted octanol–water partition coefficient (Wildman–Crippen LogP) is 2.67. The molecule has 128 valence electrons. The summed E-state index contributed by atoms with van der Waals surface area (Å²) in [4.78, 5) is 22.7. The molecule has 8 heteroatoms. The number of carbonyl (C=O) groups is 1. The molecule has 0 bridgehead atoms. The maximum absolute atomic E-state index is 13.1. The van der Waals surface area contributed by atoms with Crippen molar-refractivity contribution < 1.29 is 9.18 Å². The fraction of sp³-hybridized carbons (Fsp3) is 0.294. The number of benzene rings is 1. The molecule has 1 aliphatic rings. The van der Waals surface area contributed by atoms with Crippen molar-refractivity contribution >= 4 is 28.7 Å². The summed E-state index contributed by atoms with van der Waals surface area (Å²) in [6.07, 6.45) is 5.31. The number of aromatic nitrogens is 4. The van der Waals surface area contributed by atoms with Gasteiger partial charge in [-0.3, -0.25) is 4.79 Å². The van der Waals surface area contributed by atoms with E-state index in [0.29, 0.717) is 11.4 Å². The number of thioether (sulfide) groups is 1. The normalized spacial score (nSPS) is 14.4. The molecule has 1 saturated heterocycles. The van der Waals surface area contributed by atoms with Gasteiger partial charge in [0.05, 0.1) is 23.0 Å². The highest BCUT2D eigenvalue weighted by molar-refractivity contribution is 8.00. The van der Waals surface area contributed by atoms with Crippen LogP contribution in [0, 0.1) is 5.82 Å². The van der Waals surface area contributed by atoms with Crippen LogP contribution in [0.3, 0.4) is 0 Å². The summed E-state index contributed by atoms with van der Waals surface area (Å²) in [7, 11) is 0. The van der Waals surface area contributed by atoms with E-state index in [9.17, 15) is 9.18 Å². The van der Waals surface area contributed by atoms with E-state index in [1.165, 1.54) is 30.2 Å². The zero-order chi connectivity index (χ0) is 17.2. The fourth-order valence-electron chi connectivity index (χ4n) is 2.90. The van der Waals surface area contributed by atoms with Crippen LogP contribution in [0.1, 0.15) is 12.8 Å². The Morgan fingerprint density at radius 1 is 1.16 bits per heavy atom. The monoisotopic (exact) mass is 357 g/mol. The number of carbonyl (C=O) groups excluding carboxylic acids is 1. The van der Waals surface area contributed by atoms with E-state index in [2.05, 4.69) is 15.1 Å². The summed E-state index contributed by atoms with van der Waals surface area (Å²) in [6.45, 7) is 1.70. The molecule has 25 heavy (non-hydrogen) atoms. The van der Waals surface area contributed by atoms with Crippen molar-refractivity contribution in [3.05, 3.63) is 42.6 Å². The van der Waals surface area contributed by atoms with Gasteiger partial charge in [-0.2, -0.15) is 5.10 Å². The van der Waals surface area contributed by atoms with Crippen molar-refractivity contribution in [2.75, 3.05) is 18.8 Å². The van der Waals surface area contributed by atoms with Gasteiger partial charge in [-0.05, 0) is 37.1 Å². The molecule has 0 atom stereocenters. The molecule has 3 heterocycles. The van der Waals surface area contributed by atoms with Gasteiger partial charge in [0.2, 0.25) is 5.91 Å². The van der Waals surface area contributed by atoms with E-state index in [1.54, 1.807) is 23.0 Å². The molecular weight excluding hydrogens is 341 g/mol. The van der Waals surface area contributed by atoms with Gasteiger partial charge in [0.15, 0.2) is 5.65 Å². The number of amides is 1. The van der Waals surface area contributed by atoms with Crippen LogP contribution in [0.4, 0.5) is 4.39 Å². The van der Waals surface area contributed by atoms with E-state index in [4.69, 9.17) is 0 Å². The Morgan fingerprint density at radius 2 is 1.92 bits per heavy atom. The molecule has 1 fully saturated rings. The van der Waals surface area contributed by atoms with Crippen LogP contribution in [0.5, 0.6) is 0 Å². The second kappa shape index (κ2) is 6.79. The quantitative estimate of drug-likeness (QED) is 0.531. The minimum absolute atomic E-state index is 0.139. The summed E-state index contributed by atoms with van der Waals surface area (Å²) < 4.78 is 14.8. The number of halogens is 1. The number of fused-ring (bicyclic) bond motifs is 1. The third-order valence-electron chi connectivity index (χ3n) is 4.19. The number of nitrogens with zero attached hydrogens (tertiary/aromatic N) is 5. The number of rotatable bonds is 4. The van der Waals surface area contributed by atoms with Gasteiger partial charge < -0.3 is 4.90 Å². The van der Waals surface area contributed by atoms with E-state index in [1.807, 2.05) is 4.90 Å². The zero-order valence-electron chi connectivity index (χ0n) is 13.4. The van der Waals surface area contributed by atoms with Crippen molar-refractivity contribution in [2.45, 2.75) is 17.9 Å². The molecule has 0 aliphatic carbocycles. The number of hydrogen-bond acceptors (Lipinski definition) is 5. The van der Waals surface area contributed by atoms with Gasteiger partial charge in [-0.25, -0.2) is 19.0 Å². The van der Waals surface area contributed by atoms with Crippen LogP contribution in [-0.2, 0) is 4.79 Å². The molecule has 0 N–H and O–H groups in total. The molecule has 1 aromatic carbocycles. The van der Waals surface area contributed by atoms with Crippen LogP contribution < -0.4 is 0 Å². The van der Waals surface area contributed by atoms with Crippen molar-refractivity contribution in [3.8, 4) is 5.69 Å². The SMILES string of the molecule is O=C(CSc1ncnc2c1cnn2-c1ccc(F)cc1)N1CCCC1. The first-order valence-corrected chi connectivity index (χ1v) is 9.06. The lowest BCUT2D eigenvalue weighted by atomic mass is 10.3. The summed E-state index contributed by atoms with van der Waals surface area (Å²) in [6, 6.07) is 6.06. The predicted molar refractivity (Wildman–Crippen MR) is 93.2 cm³/mol. The van der Waals surface area contributed by atoms with Gasteiger partial charge >= 0.3 is 0 Å². The Balaban J connectivity index is 1.58. The molecule has 0 radical (unpaired) electrons. The molecule has 1 aliphatic heterocycles. The van der Waals surface area contributed by atoms with E-state index in [-0.39, 0.29) is 11.7 Å². The van der Waals surface area contributed by atoms with Gasteiger partial charge in [0.25, 0.3) is 0 Å². The van der Waals surface area contributed by atoms with Gasteiger partial charge in [-0.15, -0.1) is 0 Å². The Kier molecular flexibility index (Phi) is 4.35. The maximum atomic E-state index is 13.1. The molecular formula is C17H16FN5OS. The molecule has 0 unspecified atom stereocenters. The molecule has 0 spiro atoms. The molecule has 4 rings (SSSR count). The Bertz CT molecular complexity index is 905. The van der Waals surface area contributed by atoms with Crippen molar-refractivity contribution in [1.82, 2.24) is 24.6 Å². The minimum Gasteiger partial charge on any atom is -0.342 e. The molecule has 1 amide bonds. The highest BCUT2D eigenvalue weighted by Gasteiger charge is 2.19. The van der Waals surface area contributed by atoms with Crippen LogP contribution in [-0.4, -0.2) is 49.4 Å². The minimum atomic E-state index is -0.300. The van der Waals surface area contributed by atoms with Crippen LogP contribution in [0.25, 0.3) is 16.7 Å². The molecule has 6 nitrogen and oxygen atoms in total. The summed E-state index contributed by atoms with van der Waals surface area (Å²) in [5.41, 5.74) is 1.36. The van der Waals surface area contributed by atoms with Crippen LogP contribution in [0.2, 0.25) is 0 Å². The summed E-state index contributed by atoms with van der Waals surface area (Å²) >= 11 is 1.40. The lowest BCUT2D eigenvalue weighted by Crippen LogP contribution is -2.29. The Labute approximate surface area is 148 Å². The van der Waals surface area contributed by atoms with Crippen LogP contribution >= 0.6 is 11.8 Å². The van der Waals surface area contributed by atoms with Gasteiger partial charge in [0, 0.05) is 13.1 Å². The Morgan fingerprint density at radius 3 is 2.68 bits per heavy atom. The Hall–Kier alpha value is -2.48. The van der Waals surface area contributed by atoms with E-state index in [0.717, 1.165) is 42.0 Å². The lowest BCUT2D eigenvalue weighted by Gasteiger charge is -2.14. The fourth-order valence-corrected chi connectivity index (χ4v) is 3.76. The largest absolute Gasteiger partial charge is 0.342 e. The van der Waals surface area contributed by atoms with Gasteiger partial charge in [0.1, 0.15) is 17.2 Å².